The summed E-state index contributed by atoms with van der Waals surface area (Å²) in [5.41, 5.74) is -0.461. The van der Waals surface area contributed by atoms with Gasteiger partial charge in [0.2, 0.25) is 11.8 Å². The van der Waals surface area contributed by atoms with Gasteiger partial charge in [-0.2, -0.15) is 18.3 Å². The molecule has 13 heteroatoms. The Morgan fingerprint density at radius 2 is 1.85 bits per heavy atom. The molecule has 216 valence electrons. The third kappa shape index (κ3) is 4.71. The number of pyridine rings is 1. The zero-order valence-electron chi connectivity index (χ0n) is 22.0. The van der Waals surface area contributed by atoms with E-state index in [0.717, 1.165) is 19.0 Å². The van der Waals surface area contributed by atoms with Crippen molar-refractivity contribution in [2.24, 2.45) is 11.8 Å². The molecule has 9 nitrogen and oxygen atoms in total. The number of methoxy groups -OCH3 is 1. The molecule has 5 heterocycles. The quantitative estimate of drug-likeness (QED) is 0.531. The van der Waals surface area contributed by atoms with E-state index in [9.17, 15) is 27.2 Å². The number of aromatic amines is 1. The molecule has 2 aromatic rings. The summed E-state index contributed by atoms with van der Waals surface area (Å²) in [7, 11) is 1.42. The molecule has 3 saturated heterocycles. The number of halogens is 4. The number of carbonyl (C=O) groups is 2. The van der Waals surface area contributed by atoms with Crippen LogP contribution in [-0.2, 0) is 9.53 Å². The van der Waals surface area contributed by atoms with Gasteiger partial charge in [-0.25, -0.2) is 9.37 Å². The van der Waals surface area contributed by atoms with Crippen LogP contribution in [0.2, 0.25) is 0 Å². The molecule has 3 aliphatic heterocycles. The maximum Gasteiger partial charge on any atom is 0.396 e. The van der Waals surface area contributed by atoms with E-state index in [-0.39, 0.29) is 72.4 Å². The standard InChI is InChI=1S/C27H31F4N5O4/c1-39-23-10-18(19(28)12-32-23)20-11-21(35-34-20)25(38)36-16-2-3-17(36)9-14(8-16)24(37)33-15-4-6-26(7-5-15)22(13-40-26)27(29,30)31/h10-12,14-17,22H,2-9,13H2,1H3,(H,33,37)(H,34,35)/t14-,15?,16-,17+,22?,26?. The monoisotopic (exact) mass is 565 g/mol. The molecule has 40 heavy (non-hydrogen) atoms. The number of H-pyrrole nitrogens is 1. The van der Waals surface area contributed by atoms with Crippen molar-refractivity contribution in [1.29, 1.82) is 0 Å². The summed E-state index contributed by atoms with van der Waals surface area (Å²) in [6.45, 7) is -0.282. The fourth-order valence-electron chi connectivity index (χ4n) is 7.02. The third-order valence-corrected chi connectivity index (χ3v) is 9.21. The van der Waals surface area contributed by atoms with E-state index < -0.39 is 23.5 Å². The van der Waals surface area contributed by atoms with E-state index in [0.29, 0.717) is 31.4 Å². The van der Waals surface area contributed by atoms with Gasteiger partial charge < -0.3 is 19.7 Å². The van der Waals surface area contributed by atoms with Crippen molar-refractivity contribution >= 4 is 11.8 Å². The van der Waals surface area contributed by atoms with Crippen LogP contribution < -0.4 is 10.1 Å². The Balaban J connectivity index is 1.06. The molecular weight excluding hydrogens is 534 g/mol. The molecule has 2 bridgehead atoms. The Kier molecular flexibility index (Phi) is 6.75. The highest BCUT2D eigenvalue weighted by Gasteiger charge is 2.61. The number of hydrogen-bond acceptors (Lipinski definition) is 6. The molecule has 1 spiro atoms. The minimum Gasteiger partial charge on any atom is -0.481 e. The van der Waals surface area contributed by atoms with Crippen LogP contribution in [0.4, 0.5) is 17.6 Å². The molecule has 2 amide bonds. The molecule has 1 aliphatic carbocycles. The molecule has 1 saturated carbocycles. The second-order valence-electron chi connectivity index (χ2n) is 11.4. The Morgan fingerprint density at radius 1 is 1.15 bits per heavy atom. The molecule has 2 aromatic heterocycles. The number of piperidine rings is 1. The number of alkyl halides is 3. The van der Waals surface area contributed by atoms with Crippen LogP contribution in [0.3, 0.4) is 0 Å². The van der Waals surface area contributed by atoms with E-state index in [1.165, 1.54) is 19.2 Å². The first kappa shape index (κ1) is 27.0. The highest BCUT2D eigenvalue weighted by molar-refractivity contribution is 5.94. The van der Waals surface area contributed by atoms with Gasteiger partial charge in [-0.1, -0.05) is 0 Å². The summed E-state index contributed by atoms with van der Waals surface area (Å²) in [5.74, 6) is -2.42. The number of hydrogen-bond donors (Lipinski definition) is 2. The van der Waals surface area contributed by atoms with Gasteiger partial charge in [0, 0.05) is 35.7 Å². The first-order valence-electron chi connectivity index (χ1n) is 13.7. The lowest BCUT2D eigenvalue weighted by Gasteiger charge is -2.53. The Hall–Kier alpha value is -3.22. The summed E-state index contributed by atoms with van der Waals surface area (Å²) in [6.07, 6.45) is 0.810. The van der Waals surface area contributed by atoms with E-state index in [1.807, 2.05) is 0 Å². The number of fused-ring (bicyclic) bond motifs is 2. The van der Waals surface area contributed by atoms with Gasteiger partial charge in [0.15, 0.2) is 11.5 Å². The van der Waals surface area contributed by atoms with Crippen molar-refractivity contribution in [3.63, 3.8) is 0 Å². The van der Waals surface area contributed by atoms with Crippen molar-refractivity contribution < 1.29 is 36.6 Å². The molecule has 0 radical (unpaired) electrons. The second-order valence-corrected chi connectivity index (χ2v) is 11.4. The highest BCUT2D eigenvalue weighted by Crippen LogP contribution is 2.51. The molecule has 0 aromatic carbocycles. The van der Waals surface area contributed by atoms with E-state index >= 15 is 0 Å². The third-order valence-electron chi connectivity index (χ3n) is 9.21. The predicted molar refractivity (Wildman–Crippen MR) is 133 cm³/mol. The minimum absolute atomic E-state index is 0.101. The fourth-order valence-corrected chi connectivity index (χ4v) is 7.02. The number of carbonyl (C=O) groups excluding carboxylic acids is 2. The van der Waals surface area contributed by atoms with Crippen LogP contribution in [0.5, 0.6) is 5.88 Å². The maximum atomic E-state index is 14.4. The Morgan fingerprint density at radius 3 is 2.45 bits per heavy atom. The highest BCUT2D eigenvalue weighted by atomic mass is 19.4. The van der Waals surface area contributed by atoms with Gasteiger partial charge in [-0.05, 0) is 57.4 Å². The molecule has 2 N–H and O–H groups in total. The van der Waals surface area contributed by atoms with Crippen molar-refractivity contribution in [3.8, 4) is 17.1 Å². The van der Waals surface area contributed by atoms with Gasteiger partial charge >= 0.3 is 6.18 Å². The number of rotatable bonds is 5. The normalized spacial score (nSPS) is 31.6. The summed E-state index contributed by atoms with van der Waals surface area (Å²) >= 11 is 0. The lowest BCUT2D eigenvalue weighted by molar-refractivity contribution is -0.326. The predicted octanol–water partition coefficient (Wildman–Crippen LogP) is 4.01. The van der Waals surface area contributed by atoms with Gasteiger partial charge in [0.25, 0.3) is 5.91 Å². The lowest BCUT2D eigenvalue weighted by atomic mass is 9.70. The number of amides is 2. The molecule has 4 aliphatic rings. The van der Waals surface area contributed by atoms with Crippen LogP contribution in [0.25, 0.3) is 11.3 Å². The van der Waals surface area contributed by atoms with Gasteiger partial charge in [-0.3, -0.25) is 14.7 Å². The first-order chi connectivity index (χ1) is 19.1. The van der Waals surface area contributed by atoms with Gasteiger partial charge in [0.1, 0.15) is 5.92 Å². The summed E-state index contributed by atoms with van der Waals surface area (Å²) < 4.78 is 64.6. The first-order valence-corrected chi connectivity index (χ1v) is 13.7. The van der Waals surface area contributed by atoms with Crippen molar-refractivity contribution in [1.82, 2.24) is 25.4 Å². The van der Waals surface area contributed by atoms with E-state index in [1.54, 1.807) is 4.90 Å². The number of nitrogens with zero attached hydrogens (tertiary/aromatic N) is 3. The van der Waals surface area contributed by atoms with Crippen LogP contribution in [-0.4, -0.2) is 75.5 Å². The van der Waals surface area contributed by atoms with Crippen LogP contribution >= 0.6 is 0 Å². The molecule has 1 unspecified atom stereocenters. The molecule has 4 fully saturated rings. The average molecular weight is 566 g/mol. The van der Waals surface area contributed by atoms with Gasteiger partial charge in [-0.15, -0.1) is 0 Å². The number of aromatic nitrogens is 3. The average Bonchev–Trinajstić information content (AvgIpc) is 3.50. The number of ether oxygens (including phenoxy) is 2. The van der Waals surface area contributed by atoms with Crippen LogP contribution in [0, 0.1) is 17.7 Å². The topological polar surface area (TPSA) is 109 Å². The maximum absolute atomic E-state index is 14.4. The molecule has 6 rings (SSSR count). The van der Waals surface area contributed by atoms with Crippen LogP contribution in [0.1, 0.15) is 61.9 Å². The Bertz CT molecular complexity index is 1280. The van der Waals surface area contributed by atoms with Gasteiger partial charge in [0.05, 0.1) is 31.2 Å². The molecule has 4 atom stereocenters. The zero-order chi connectivity index (χ0) is 28.2. The summed E-state index contributed by atoms with van der Waals surface area (Å²) in [4.78, 5) is 32.2. The van der Waals surface area contributed by atoms with Crippen molar-refractivity contribution in [3.05, 3.63) is 29.8 Å². The smallest absolute Gasteiger partial charge is 0.396 e. The number of nitrogens with one attached hydrogen (secondary N) is 2. The lowest BCUT2D eigenvalue weighted by Crippen LogP contribution is -2.62. The van der Waals surface area contributed by atoms with Crippen LogP contribution in [0.15, 0.2) is 18.3 Å². The summed E-state index contributed by atoms with van der Waals surface area (Å²) in [5, 5.41) is 9.92. The van der Waals surface area contributed by atoms with Crippen molar-refractivity contribution in [2.75, 3.05) is 13.7 Å². The SMILES string of the molecule is COc1cc(-c2cc(C(=O)N3[C@@H]4CC[C@H]3C[C@H](C(=O)NC3CCC5(CC3)OCC5C(F)(F)F)C4)n[nH]2)c(F)cn1. The fraction of sp³-hybridized carbons (Fsp3) is 0.630. The molecular formula is C27H31F4N5O4. The van der Waals surface area contributed by atoms with E-state index in [4.69, 9.17) is 9.47 Å². The largest absolute Gasteiger partial charge is 0.481 e. The zero-order valence-corrected chi connectivity index (χ0v) is 22.0. The van der Waals surface area contributed by atoms with Crippen molar-refractivity contribution in [2.45, 2.75) is 81.3 Å². The summed E-state index contributed by atoms with van der Waals surface area (Å²) in [6, 6.07) is 2.51. The Labute approximate surface area is 228 Å². The second kappa shape index (κ2) is 10.0. The minimum atomic E-state index is -4.26. The van der Waals surface area contributed by atoms with E-state index in [2.05, 4.69) is 20.5 Å².